The Morgan fingerprint density at radius 2 is 1.65 bits per heavy atom. The van der Waals surface area contributed by atoms with Crippen molar-refractivity contribution < 1.29 is 19.1 Å². The summed E-state index contributed by atoms with van der Waals surface area (Å²) in [6, 6.07) is 8.65. The first-order chi connectivity index (χ1) is 10.5. The van der Waals surface area contributed by atoms with Crippen molar-refractivity contribution in [3.05, 3.63) is 35.9 Å². The number of nitrogens with one attached hydrogen (secondary N) is 1. The van der Waals surface area contributed by atoms with Crippen LogP contribution in [-0.2, 0) is 20.7 Å². The minimum atomic E-state index is -0.804. The van der Waals surface area contributed by atoms with Gasteiger partial charge in [0.1, 0.15) is 11.6 Å². The third kappa shape index (κ3) is 8.78. The average Bonchev–Trinajstić information content (AvgIpc) is 2.34. The number of alkyl carbamates (subject to hydrolysis) is 1. The summed E-state index contributed by atoms with van der Waals surface area (Å²) in [6.45, 7) is 8.86. The van der Waals surface area contributed by atoms with Gasteiger partial charge in [0.05, 0.1) is 0 Å². The number of halogens is 1. The molecule has 0 aliphatic rings. The first-order valence-corrected chi connectivity index (χ1v) is 8.49. The van der Waals surface area contributed by atoms with Crippen molar-refractivity contribution in [2.24, 2.45) is 0 Å². The van der Waals surface area contributed by atoms with Crippen LogP contribution in [-0.4, -0.2) is 27.3 Å². The van der Waals surface area contributed by atoms with Crippen LogP contribution in [0.5, 0.6) is 0 Å². The maximum absolute atomic E-state index is 12.4. The topological polar surface area (TPSA) is 64.6 Å². The fraction of sp³-hybridized carbons (Fsp3) is 0.529. The van der Waals surface area contributed by atoms with Gasteiger partial charge in [-0.25, -0.2) is 9.59 Å². The Morgan fingerprint density at radius 1 is 1.09 bits per heavy atom. The number of hydrogen-bond acceptors (Lipinski definition) is 4. The van der Waals surface area contributed by atoms with Gasteiger partial charge in [-0.1, -0.05) is 30.3 Å². The number of ether oxygens (including phenoxy) is 2. The Morgan fingerprint density at radius 3 is 2.13 bits per heavy atom. The van der Waals surface area contributed by atoms with E-state index in [2.05, 4.69) is 5.32 Å². The Bertz CT molecular complexity index is 532. The second-order valence-electron chi connectivity index (χ2n) is 6.67. The largest absolute Gasteiger partial charge is 0.447 e. The molecule has 1 amide bonds. The molecule has 0 spiro atoms. The monoisotopic (exact) mass is 433 g/mol. The molecule has 1 aromatic carbocycles. The van der Waals surface area contributed by atoms with Crippen molar-refractivity contribution in [1.82, 2.24) is 5.32 Å². The molecule has 1 N–H and O–H groups in total. The lowest BCUT2D eigenvalue weighted by atomic mass is 10.1. The predicted octanol–water partition coefficient (Wildman–Crippen LogP) is 3.84. The summed E-state index contributed by atoms with van der Waals surface area (Å²) in [5.74, 6) is -0.487. The van der Waals surface area contributed by atoms with E-state index in [0.29, 0.717) is 6.42 Å². The molecule has 0 unspecified atom stereocenters. The molecule has 6 heteroatoms. The summed E-state index contributed by atoms with van der Waals surface area (Å²) >= 11 is 2.03. The lowest BCUT2D eigenvalue weighted by molar-refractivity contribution is -0.151. The maximum atomic E-state index is 12.4. The molecule has 0 bridgehead atoms. The molecule has 1 atom stereocenters. The van der Waals surface area contributed by atoms with Gasteiger partial charge in [0.15, 0.2) is 3.61 Å². The van der Waals surface area contributed by atoms with E-state index in [1.54, 1.807) is 34.6 Å². The molecule has 0 heterocycles. The van der Waals surface area contributed by atoms with Crippen molar-refractivity contribution in [2.45, 2.75) is 56.3 Å². The van der Waals surface area contributed by atoms with Gasteiger partial charge in [0, 0.05) is 6.42 Å². The number of amides is 1. The summed E-state index contributed by atoms with van der Waals surface area (Å²) in [5, 5.41) is 2.61. The summed E-state index contributed by atoms with van der Waals surface area (Å²) in [4.78, 5) is 24.4. The van der Waals surface area contributed by atoms with Crippen LogP contribution in [0.2, 0.25) is 0 Å². The van der Waals surface area contributed by atoms with E-state index in [1.807, 2.05) is 52.9 Å². The minimum Gasteiger partial charge on any atom is -0.447 e. The van der Waals surface area contributed by atoms with Crippen LogP contribution in [0.4, 0.5) is 4.79 Å². The van der Waals surface area contributed by atoms with Crippen LogP contribution in [0, 0.1) is 0 Å². The second kappa shape index (κ2) is 7.99. The molecular formula is C17H24INO4. The fourth-order valence-electron chi connectivity index (χ4n) is 1.80. The summed E-state index contributed by atoms with van der Waals surface area (Å²) in [7, 11) is 0. The van der Waals surface area contributed by atoms with Gasteiger partial charge >= 0.3 is 12.1 Å². The Balaban J connectivity index is 2.83. The molecule has 0 radical (unpaired) electrons. The van der Waals surface area contributed by atoms with Crippen molar-refractivity contribution >= 4 is 34.7 Å². The second-order valence-corrected chi connectivity index (χ2v) is 9.27. The fourth-order valence-corrected chi connectivity index (χ4v) is 2.02. The average molecular weight is 433 g/mol. The highest BCUT2D eigenvalue weighted by Gasteiger charge is 2.29. The summed E-state index contributed by atoms with van der Waals surface area (Å²) in [6.07, 6.45) is -0.298. The van der Waals surface area contributed by atoms with E-state index in [9.17, 15) is 9.59 Å². The molecule has 0 fully saturated rings. The van der Waals surface area contributed by atoms with Crippen LogP contribution >= 0.6 is 22.6 Å². The highest BCUT2D eigenvalue weighted by Crippen LogP contribution is 2.20. The molecule has 23 heavy (non-hydrogen) atoms. The Labute approximate surface area is 151 Å². The van der Waals surface area contributed by atoms with Crippen LogP contribution in [0.3, 0.4) is 0 Å². The number of benzene rings is 1. The van der Waals surface area contributed by atoms with Gasteiger partial charge in [0.25, 0.3) is 0 Å². The van der Waals surface area contributed by atoms with Crippen LogP contribution in [0.25, 0.3) is 0 Å². The normalized spacial score (nSPS) is 13.1. The molecule has 0 aliphatic carbocycles. The molecule has 0 saturated heterocycles. The molecular weight excluding hydrogens is 409 g/mol. The lowest BCUT2D eigenvalue weighted by Crippen LogP contribution is -2.46. The highest BCUT2D eigenvalue weighted by molar-refractivity contribution is 14.1. The zero-order chi connectivity index (χ0) is 17.7. The third-order valence-electron chi connectivity index (χ3n) is 2.60. The predicted molar refractivity (Wildman–Crippen MR) is 97.5 cm³/mol. The van der Waals surface area contributed by atoms with Crippen molar-refractivity contribution in [3.63, 3.8) is 0 Å². The summed E-state index contributed by atoms with van der Waals surface area (Å²) < 4.78 is 9.95. The van der Waals surface area contributed by atoms with E-state index in [-0.39, 0.29) is 0 Å². The number of esters is 1. The molecule has 5 nitrogen and oxygen atoms in total. The van der Waals surface area contributed by atoms with Crippen LogP contribution in [0.1, 0.15) is 40.2 Å². The first-order valence-electron chi connectivity index (χ1n) is 7.41. The van der Waals surface area contributed by atoms with Crippen LogP contribution < -0.4 is 5.32 Å². The standard InChI is InChI=1S/C17H24INO4/c1-16(2,3)23-15(21)19-13(14(20)22-17(4,5)18)11-12-9-7-6-8-10-12/h6-10,13H,11H2,1-5H3,(H,19,21)/t13-/m1/s1. The molecule has 0 aliphatic heterocycles. The maximum Gasteiger partial charge on any atom is 0.408 e. The Hall–Kier alpha value is -1.31. The molecule has 128 valence electrons. The van der Waals surface area contributed by atoms with Gasteiger partial charge in [-0.15, -0.1) is 0 Å². The third-order valence-corrected chi connectivity index (χ3v) is 2.82. The van der Waals surface area contributed by atoms with E-state index in [4.69, 9.17) is 9.47 Å². The van der Waals surface area contributed by atoms with Gasteiger partial charge in [-0.3, -0.25) is 0 Å². The molecule has 1 rings (SSSR count). The first kappa shape index (κ1) is 19.7. The lowest BCUT2D eigenvalue weighted by Gasteiger charge is -2.25. The van der Waals surface area contributed by atoms with Gasteiger partial charge < -0.3 is 14.8 Å². The molecule has 1 aromatic rings. The summed E-state index contributed by atoms with van der Waals surface area (Å²) in [5.41, 5.74) is 0.296. The number of carbonyl (C=O) groups is 2. The highest BCUT2D eigenvalue weighted by atomic mass is 127. The van der Waals surface area contributed by atoms with Crippen molar-refractivity contribution in [1.29, 1.82) is 0 Å². The number of rotatable bonds is 5. The molecule has 0 aromatic heterocycles. The van der Waals surface area contributed by atoms with Crippen molar-refractivity contribution in [2.75, 3.05) is 0 Å². The number of carbonyl (C=O) groups excluding carboxylic acids is 2. The minimum absolute atomic E-state index is 0.339. The zero-order valence-corrected chi connectivity index (χ0v) is 16.3. The Kier molecular flexibility index (Phi) is 6.85. The molecule has 0 saturated carbocycles. The zero-order valence-electron chi connectivity index (χ0n) is 14.2. The van der Waals surface area contributed by atoms with Gasteiger partial charge in [0.2, 0.25) is 0 Å². The van der Waals surface area contributed by atoms with E-state index in [1.165, 1.54) is 0 Å². The van der Waals surface area contributed by atoms with E-state index < -0.39 is 27.3 Å². The number of hydrogen-bond donors (Lipinski definition) is 1. The van der Waals surface area contributed by atoms with Crippen molar-refractivity contribution in [3.8, 4) is 0 Å². The van der Waals surface area contributed by atoms with E-state index >= 15 is 0 Å². The van der Waals surface area contributed by atoms with E-state index in [0.717, 1.165) is 5.56 Å². The van der Waals surface area contributed by atoms with Crippen LogP contribution in [0.15, 0.2) is 30.3 Å². The quantitative estimate of drug-likeness (QED) is 0.436. The van der Waals surface area contributed by atoms with Gasteiger partial charge in [-0.05, 0) is 62.8 Å². The SMILES string of the molecule is CC(C)(C)OC(=O)N[C@H](Cc1ccccc1)C(=O)OC(C)(C)I. The van der Waals surface area contributed by atoms with Gasteiger partial charge in [-0.2, -0.15) is 0 Å². The number of alkyl halides is 1. The smallest absolute Gasteiger partial charge is 0.408 e.